The maximum absolute atomic E-state index is 12.8. The number of nitrogens with zero attached hydrogens (tertiary/aromatic N) is 2. The van der Waals surface area contributed by atoms with Crippen molar-refractivity contribution in [3.05, 3.63) is 47.6 Å². The van der Waals surface area contributed by atoms with Gasteiger partial charge in [-0.15, -0.1) is 0 Å². The van der Waals surface area contributed by atoms with Gasteiger partial charge in [-0.25, -0.2) is 13.5 Å². The quantitative estimate of drug-likeness (QED) is 0.639. The summed E-state index contributed by atoms with van der Waals surface area (Å²) in [4.78, 5) is 17.0. The van der Waals surface area contributed by atoms with E-state index in [2.05, 4.69) is 15.0 Å². The standard InChI is InChI=1S/C17H19F2N5O2S/c1-9(25)12-4-3-11-14(27(20)23-12)8-24(2)15(11)17(26)22-10-5-6-21-13(7-10)16(18)19/h3-9,12,16,25H,1-2H3,(H2,20,23)(H,21,22,26). The summed E-state index contributed by atoms with van der Waals surface area (Å²) >= 11 is 0. The van der Waals surface area contributed by atoms with Crippen molar-refractivity contribution in [1.29, 1.82) is 4.78 Å². The first-order valence-corrected chi connectivity index (χ1v) is 9.33. The zero-order valence-corrected chi connectivity index (χ0v) is 15.4. The van der Waals surface area contributed by atoms with E-state index in [0.29, 0.717) is 16.2 Å². The van der Waals surface area contributed by atoms with Crippen LogP contribution >= 0.6 is 0 Å². The van der Waals surface area contributed by atoms with Gasteiger partial charge in [-0.2, -0.15) is 0 Å². The van der Waals surface area contributed by atoms with Gasteiger partial charge in [-0.1, -0.05) is 12.2 Å². The molecule has 7 nitrogen and oxygen atoms in total. The molecule has 144 valence electrons. The SMILES string of the molecule is CC(O)C1C=Cc2c(cn(C)c2C(=O)Nc2ccnc(C(F)F)c2)S(=N)N1. The Kier molecular flexibility index (Phi) is 5.49. The van der Waals surface area contributed by atoms with Gasteiger partial charge in [0, 0.05) is 30.7 Å². The molecule has 3 unspecified atom stereocenters. The molecule has 0 bridgehead atoms. The minimum absolute atomic E-state index is 0.211. The second kappa shape index (κ2) is 7.67. The molecule has 10 heteroatoms. The average molecular weight is 395 g/mol. The molecule has 4 N–H and O–H groups in total. The van der Waals surface area contributed by atoms with Gasteiger partial charge < -0.3 is 15.0 Å². The van der Waals surface area contributed by atoms with E-state index in [0.717, 1.165) is 6.07 Å². The molecule has 2 aromatic heterocycles. The Balaban J connectivity index is 1.94. The number of carbonyl (C=O) groups excluding carboxylic acids is 1. The third kappa shape index (κ3) is 3.97. The molecule has 0 radical (unpaired) electrons. The first-order valence-electron chi connectivity index (χ1n) is 8.10. The van der Waals surface area contributed by atoms with Gasteiger partial charge in [0.25, 0.3) is 12.3 Å². The second-order valence-electron chi connectivity index (χ2n) is 6.14. The summed E-state index contributed by atoms with van der Waals surface area (Å²) < 4.78 is 38.5. The van der Waals surface area contributed by atoms with E-state index in [4.69, 9.17) is 4.78 Å². The van der Waals surface area contributed by atoms with Crippen LogP contribution in [0.4, 0.5) is 14.5 Å². The number of amides is 1. The molecule has 3 rings (SSSR count). The number of pyridine rings is 1. The van der Waals surface area contributed by atoms with Crippen LogP contribution in [-0.4, -0.2) is 32.7 Å². The third-order valence-electron chi connectivity index (χ3n) is 4.13. The predicted octanol–water partition coefficient (Wildman–Crippen LogP) is 2.63. The van der Waals surface area contributed by atoms with E-state index in [1.165, 1.54) is 12.3 Å². The lowest BCUT2D eigenvalue weighted by Gasteiger charge is -2.16. The van der Waals surface area contributed by atoms with Crippen LogP contribution in [0.25, 0.3) is 6.08 Å². The maximum Gasteiger partial charge on any atom is 0.280 e. The van der Waals surface area contributed by atoms with Gasteiger partial charge in [0.2, 0.25) is 0 Å². The topological polar surface area (TPSA) is 103 Å². The number of aromatic nitrogens is 2. The summed E-state index contributed by atoms with van der Waals surface area (Å²) in [5.41, 5.74) is 0.652. The minimum Gasteiger partial charge on any atom is -0.391 e. The fourth-order valence-electron chi connectivity index (χ4n) is 2.76. The summed E-state index contributed by atoms with van der Waals surface area (Å²) in [6, 6.07) is 2.15. The van der Waals surface area contributed by atoms with Crippen molar-refractivity contribution in [2.75, 3.05) is 5.32 Å². The van der Waals surface area contributed by atoms with Crippen LogP contribution in [-0.2, 0) is 17.9 Å². The van der Waals surface area contributed by atoms with Gasteiger partial charge >= 0.3 is 0 Å². The van der Waals surface area contributed by atoms with Crippen LogP contribution in [0.2, 0.25) is 0 Å². The molecule has 2 aromatic rings. The fraction of sp³-hybridized carbons (Fsp3) is 0.294. The smallest absolute Gasteiger partial charge is 0.280 e. The normalized spacial score (nSPS) is 20.2. The summed E-state index contributed by atoms with van der Waals surface area (Å²) in [5.74, 6) is -0.484. The summed E-state index contributed by atoms with van der Waals surface area (Å²) in [6.45, 7) is 1.62. The maximum atomic E-state index is 12.8. The lowest BCUT2D eigenvalue weighted by Crippen LogP contribution is -2.36. The second-order valence-corrected chi connectivity index (χ2v) is 7.43. The number of hydrogen-bond donors (Lipinski definition) is 4. The van der Waals surface area contributed by atoms with E-state index in [1.807, 2.05) is 0 Å². The fourth-order valence-corrected chi connectivity index (χ4v) is 4.08. The highest BCUT2D eigenvalue weighted by Gasteiger charge is 2.25. The predicted molar refractivity (Wildman–Crippen MR) is 98.5 cm³/mol. The van der Waals surface area contributed by atoms with Crippen LogP contribution in [0.15, 0.2) is 35.5 Å². The third-order valence-corrected chi connectivity index (χ3v) is 5.40. The van der Waals surface area contributed by atoms with E-state index in [-0.39, 0.29) is 5.69 Å². The number of aryl methyl sites for hydroxylation is 1. The van der Waals surface area contributed by atoms with Crippen molar-refractivity contribution in [3.8, 4) is 0 Å². The lowest BCUT2D eigenvalue weighted by molar-refractivity contribution is 0.101. The number of aliphatic hydroxyl groups is 1. The molecule has 27 heavy (non-hydrogen) atoms. The number of nitrogens with one attached hydrogen (secondary N) is 3. The number of alkyl halides is 2. The molecule has 3 atom stereocenters. The zero-order valence-electron chi connectivity index (χ0n) is 14.6. The van der Waals surface area contributed by atoms with Gasteiger partial charge in [0.15, 0.2) is 0 Å². The Morgan fingerprint density at radius 3 is 2.93 bits per heavy atom. The molecule has 0 saturated carbocycles. The average Bonchev–Trinajstić information content (AvgIpc) is 2.86. The number of halogens is 2. The number of rotatable bonds is 4. The Morgan fingerprint density at radius 2 is 2.26 bits per heavy atom. The van der Waals surface area contributed by atoms with Crippen LogP contribution < -0.4 is 10.0 Å². The van der Waals surface area contributed by atoms with E-state index < -0.39 is 41.0 Å². The van der Waals surface area contributed by atoms with Crippen molar-refractivity contribution < 1.29 is 18.7 Å². The van der Waals surface area contributed by atoms with Crippen molar-refractivity contribution in [3.63, 3.8) is 0 Å². The molecule has 3 heterocycles. The number of aliphatic hydroxyl groups excluding tert-OH is 1. The van der Waals surface area contributed by atoms with Crippen molar-refractivity contribution in [1.82, 2.24) is 14.3 Å². The first-order chi connectivity index (χ1) is 12.8. The largest absolute Gasteiger partial charge is 0.391 e. The lowest BCUT2D eigenvalue weighted by atomic mass is 10.1. The van der Waals surface area contributed by atoms with Gasteiger partial charge in [0.1, 0.15) is 11.4 Å². The summed E-state index contributed by atoms with van der Waals surface area (Å²) in [6.07, 6.45) is 2.88. The molecular weight excluding hydrogens is 376 g/mol. The van der Waals surface area contributed by atoms with Crippen molar-refractivity contribution >= 4 is 28.5 Å². The van der Waals surface area contributed by atoms with Crippen LogP contribution in [0, 0.1) is 4.78 Å². The van der Waals surface area contributed by atoms with Crippen molar-refractivity contribution in [2.24, 2.45) is 7.05 Å². The van der Waals surface area contributed by atoms with Crippen LogP contribution in [0.1, 0.15) is 35.1 Å². The molecule has 0 aliphatic carbocycles. The minimum atomic E-state index is -2.73. The van der Waals surface area contributed by atoms with Crippen molar-refractivity contribution in [2.45, 2.75) is 30.4 Å². The molecular formula is C17H19F2N5O2S. The van der Waals surface area contributed by atoms with E-state index >= 15 is 0 Å². The molecule has 0 fully saturated rings. The number of carbonyl (C=O) groups is 1. The number of anilines is 1. The Labute approximate surface area is 157 Å². The summed E-state index contributed by atoms with van der Waals surface area (Å²) in [5, 5.41) is 12.4. The molecule has 0 spiro atoms. The monoisotopic (exact) mass is 395 g/mol. The van der Waals surface area contributed by atoms with E-state index in [9.17, 15) is 18.7 Å². The van der Waals surface area contributed by atoms with E-state index in [1.54, 1.807) is 36.9 Å². The Bertz CT molecular complexity index is 926. The molecule has 1 amide bonds. The molecule has 1 aliphatic rings. The van der Waals surface area contributed by atoms with Gasteiger partial charge in [-0.3, -0.25) is 14.6 Å². The number of hydrogen-bond acceptors (Lipinski definition) is 4. The highest BCUT2D eigenvalue weighted by Crippen LogP contribution is 2.26. The highest BCUT2D eigenvalue weighted by molar-refractivity contribution is 7.84. The zero-order chi connectivity index (χ0) is 19.7. The van der Waals surface area contributed by atoms with Crippen LogP contribution in [0.5, 0.6) is 0 Å². The molecule has 1 aliphatic heterocycles. The first kappa shape index (κ1) is 19.3. The summed E-state index contributed by atoms with van der Waals surface area (Å²) in [7, 11) is 0.550. The Morgan fingerprint density at radius 1 is 1.52 bits per heavy atom. The molecule has 0 saturated heterocycles. The van der Waals surface area contributed by atoms with Crippen LogP contribution in [0.3, 0.4) is 0 Å². The van der Waals surface area contributed by atoms with Gasteiger partial charge in [0.05, 0.1) is 17.0 Å². The Hall–Kier alpha value is -2.43. The highest BCUT2D eigenvalue weighted by atomic mass is 32.2. The number of fused-ring (bicyclic) bond motifs is 1. The van der Waals surface area contributed by atoms with Gasteiger partial charge in [-0.05, 0) is 29.9 Å². The molecule has 0 aromatic carbocycles.